The molecule has 0 bridgehead atoms. The van der Waals surface area contributed by atoms with Gasteiger partial charge in [0.25, 0.3) is 0 Å². The maximum atomic E-state index is 11.8. The number of aromatic amines is 2. The number of aromatic nitrogens is 3. The molecule has 2 aromatic carbocycles. The van der Waals surface area contributed by atoms with E-state index in [1.165, 1.54) is 17.4 Å². The van der Waals surface area contributed by atoms with Crippen molar-refractivity contribution >= 4 is 37.6 Å². The molecule has 152 valence electrons. The second-order valence-electron chi connectivity index (χ2n) is 7.65. The number of anilines is 1. The quantitative estimate of drug-likeness (QED) is 0.425. The van der Waals surface area contributed by atoms with Crippen molar-refractivity contribution < 1.29 is 8.42 Å². The average molecular weight is 411 g/mol. The molecule has 29 heavy (non-hydrogen) atoms. The molecule has 0 spiro atoms. The van der Waals surface area contributed by atoms with Crippen molar-refractivity contribution in [3.8, 4) is 0 Å². The SMILES string of the molecule is CCC(CC)(c1ccc2nc(C)[nH]c2c1)c1c[nH]c2c(NS(C)(=O)=O)cccc12. The molecule has 0 radical (unpaired) electrons. The maximum absolute atomic E-state index is 11.8. The van der Waals surface area contributed by atoms with Gasteiger partial charge in [-0.15, -0.1) is 0 Å². The van der Waals surface area contributed by atoms with E-state index in [2.05, 4.69) is 51.7 Å². The number of rotatable bonds is 6. The highest BCUT2D eigenvalue weighted by molar-refractivity contribution is 7.92. The molecule has 0 aliphatic carbocycles. The molecule has 7 heteroatoms. The predicted octanol–water partition coefficient (Wildman–Crippen LogP) is 4.83. The molecule has 0 amide bonds. The molecule has 0 aliphatic rings. The number of nitrogens with zero attached hydrogens (tertiary/aromatic N) is 1. The Morgan fingerprint density at radius 3 is 2.59 bits per heavy atom. The number of hydrogen-bond donors (Lipinski definition) is 3. The summed E-state index contributed by atoms with van der Waals surface area (Å²) in [6.07, 6.45) is 5.02. The van der Waals surface area contributed by atoms with Crippen LogP contribution in [0.1, 0.15) is 43.6 Å². The van der Waals surface area contributed by atoms with E-state index in [0.29, 0.717) is 5.69 Å². The van der Waals surface area contributed by atoms with Crippen molar-refractivity contribution in [2.24, 2.45) is 0 Å². The Kier molecular flexibility index (Phi) is 4.65. The van der Waals surface area contributed by atoms with E-state index in [9.17, 15) is 8.42 Å². The van der Waals surface area contributed by atoms with Gasteiger partial charge in [-0.05, 0) is 49.1 Å². The molecular formula is C22H26N4O2S. The number of benzene rings is 2. The lowest BCUT2D eigenvalue weighted by atomic mass is 9.70. The van der Waals surface area contributed by atoms with Crippen LogP contribution in [0.15, 0.2) is 42.6 Å². The normalized spacial score (nSPS) is 12.7. The van der Waals surface area contributed by atoms with Crippen LogP contribution in [0.2, 0.25) is 0 Å². The molecule has 6 nitrogen and oxygen atoms in total. The molecule has 2 aromatic heterocycles. The summed E-state index contributed by atoms with van der Waals surface area (Å²) in [7, 11) is -3.36. The van der Waals surface area contributed by atoms with Crippen molar-refractivity contribution in [1.82, 2.24) is 15.0 Å². The molecule has 0 saturated heterocycles. The number of aryl methyl sites for hydroxylation is 1. The highest BCUT2D eigenvalue weighted by atomic mass is 32.2. The number of fused-ring (bicyclic) bond motifs is 2. The van der Waals surface area contributed by atoms with Crippen LogP contribution in [0.4, 0.5) is 5.69 Å². The van der Waals surface area contributed by atoms with Crippen molar-refractivity contribution in [3.63, 3.8) is 0 Å². The zero-order chi connectivity index (χ0) is 20.8. The number of nitrogens with one attached hydrogen (secondary N) is 3. The zero-order valence-electron chi connectivity index (χ0n) is 17.1. The van der Waals surface area contributed by atoms with Crippen molar-refractivity contribution in [2.45, 2.75) is 39.0 Å². The summed E-state index contributed by atoms with van der Waals surface area (Å²) in [6.45, 7) is 6.36. The molecule has 0 unspecified atom stereocenters. The van der Waals surface area contributed by atoms with Crippen LogP contribution in [-0.4, -0.2) is 29.6 Å². The van der Waals surface area contributed by atoms with Crippen molar-refractivity contribution in [3.05, 3.63) is 59.5 Å². The summed E-state index contributed by atoms with van der Waals surface area (Å²) in [5.74, 6) is 0.902. The summed E-state index contributed by atoms with van der Waals surface area (Å²) in [4.78, 5) is 11.2. The van der Waals surface area contributed by atoms with Gasteiger partial charge in [0.2, 0.25) is 10.0 Å². The van der Waals surface area contributed by atoms with E-state index in [1.54, 1.807) is 6.07 Å². The summed E-state index contributed by atoms with van der Waals surface area (Å²) in [5, 5.41) is 1.03. The first-order chi connectivity index (χ1) is 13.8. The summed E-state index contributed by atoms with van der Waals surface area (Å²) < 4.78 is 26.2. The van der Waals surface area contributed by atoms with Gasteiger partial charge in [0.15, 0.2) is 0 Å². The monoisotopic (exact) mass is 410 g/mol. The van der Waals surface area contributed by atoms with Gasteiger partial charge in [0.1, 0.15) is 5.82 Å². The van der Waals surface area contributed by atoms with Gasteiger partial charge in [-0.2, -0.15) is 0 Å². The highest BCUT2D eigenvalue weighted by Gasteiger charge is 2.33. The minimum absolute atomic E-state index is 0.199. The third-order valence-electron chi connectivity index (χ3n) is 5.89. The van der Waals surface area contributed by atoms with Gasteiger partial charge in [0, 0.05) is 17.0 Å². The number of imidazole rings is 1. The molecule has 0 fully saturated rings. The van der Waals surface area contributed by atoms with Gasteiger partial charge >= 0.3 is 0 Å². The van der Waals surface area contributed by atoms with E-state index in [1.807, 2.05) is 25.3 Å². The molecule has 0 saturated carbocycles. The molecular weight excluding hydrogens is 384 g/mol. The van der Waals surface area contributed by atoms with Gasteiger partial charge in [0.05, 0.1) is 28.5 Å². The van der Waals surface area contributed by atoms with Gasteiger partial charge in [-0.3, -0.25) is 4.72 Å². The van der Waals surface area contributed by atoms with E-state index in [4.69, 9.17) is 0 Å². The van der Waals surface area contributed by atoms with Gasteiger partial charge in [-0.25, -0.2) is 13.4 Å². The fraction of sp³-hybridized carbons (Fsp3) is 0.318. The second-order valence-corrected chi connectivity index (χ2v) is 9.40. The van der Waals surface area contributed by atoms with E-state index < -0.39 is 10.0 Å². The second kappa shape index (κ2) is 6.91. The zero-order valence-corrected chi connectivity index (χ0v) is 17.9. The van der Waals surface area contributed by atoms with Crippen LogP contribution in [0.3, 0.4) is 0 Å². The number of sulfonamides is 1. The molecule has 4 aromatic rings. The summed E-state index contributed by atoms with van der Waals surface area (Å²) >= 11 is 0. The Hall–Kier alpha value is -2.80. The Bertz CT molecular complexity index is 1300. The van der Waals surface area contributed by atoms with Crippen LogP contribution in [-0.2, 0) is 15.4 Å². The Morgan fingerprint density at radius 2 is 1.90 bits per heavy atom. The van der Waals surface area contributed by atoms with Crippen LogP contribution in [0.5, 0.6) is 0 Å². The molecule has 3 N–H and O–H groups in total. The minimum Gasteiger partial charge on any atom is -0.359 e. The fourth-order valence-electron chi connectivity index (χ4n) is 4.46. The molecule has 0 atom stereocenters. The van der Waals surface area contributed by atoms with Crippen molar-refractivity contribution in [1.29, 1.82) is 0 Å². The Labute approximate surface area is 170 Å². The number of H-pyrrole nitrogens is 2. The lowest BCUT2D eigenvalue weighted by molar-refractivity contribution is 0.482. The van der Waals surface area contributed by atoms with Crippen LogP contribution in [0, 0.1) is 6.92 Å². The van der Waals surface area contributed by atoms with E-state index in [0.717, 1.165) is 40.6 Å². The third kappa shape index (κ3) is 3.29. The van der Waals surface area contributed by atoms with Gasteiger partial charge in [-0.1, -0.05) is 32.0 Å². The molecule has 0 aliphatic heterocycles. The van der Waals surface area contributed by atoms with Crippen molar-refractivity contribution in [2.75, 3.05) is 11.0 Å². The first kappa shape index (κ1) is 19.5. The van der Waals surface area contributed by atoms with Crippen LogP contribution in [0.25, 0.3) is 21.9 Å². The largest absolute Gasteiger partial charge is 0.359 e. The van der Waals surface area contributed by atoms with E-state index in [-0.39, 0.29) is 5.41 Å². The van der Waals surface area contributed by atoms with Gasteiger partial charge < -0.3 is 9.97 Å². The Balaban J connectivity index is 1.92. The standard InChI is InChI=1S/C22H26N4O2S/c1-5-22(6-2,15-10-11-18-20(12-15)25-14(3)24-18)17-13-23-21-16(17)8-7-9-19(21)26-29(4,27)28/h7-13,23,26H,5-6H2,1-4H3,(H,24,25). The van der Waals surface area contributed by atoms with Crippen LogP contribution < -0.4 is 4.72 Å². The first-order valence-corrected chi connectivity index (χ1v) is 11.7. The maximum Gasteiger partial charge on any atom is 0.229 e. The third-order valence-corrected chi connectivity index (χ3v) is 6.48. The Morgan fingerprint density at radius 1 is 1.14 bits per heavy atom. The van der Waals surface area contributed by atoms with E-state index >= 15 is 0 Å². The molecule has 4 rings (SSSR count). The minimum atomic E-state index is -3.36. The number of hydrogen-bond acceptors (Lipinski definition) is 3. The number of para-hydroxylation sites is 1. The fourth-order valence-corrected chi connectivity index (χ4v) is 5.03. The molecule has 2 heterocycles. The first-order valence-electron chi connectivity index (χ1n) is 9.82. The summed E-state index contributed by atoms with van der Waals surface area (Å²) in [5.41, 5.74) is 5.56. The smallest absolute Gasteiger partial charge is 0.229 e. The lowest BCUT2D eigenvalue weighted by Gasteiger charge is -2.32. The van der Waals surface area contributed by atoms with Crippen LogP contribution >= 0.6 is 0 Å². The average Bonchev–Trinajstić information content (AvgIpc) is 3.26. The predicted molar refractivity (Wildman–Crippen MR) is 119 cm³/mol. The summed E-state index contributed by atoms with van der Waals surface area (Å²) in [6, 6.07) is 12.1. The highest BCUT2D eigenvalue weighted by Crippen LogP contribution is 2.43. The topological polar surface area (TPSA) is 90.6 Å². The lowest BCUT2D eigenvalue weighted by Crippen LogP contribution is -2.25.